The first-order valence-electron chi connectivity index (χ1n) is 16.0. The van der Waals surface area contributed by atoms with E-state index in [1.54, 1.807) is 59.3 Å². The zero-order valence-corrected chi connectivity index (χ0v) is 27.3. The van der Waals surface area contributed by atoms with Crippen molar-refractivity contribution in [1.29, 1.82) is 0 Å². The number of anilines is 4. The number of carbonyl (C=O) groups excluding carboxylic acids is 2. The number of amides is 2. The minimum absolute atomic E-state index is 0.143. The number of carbonyl (C=O) groups is 2. The standard InChI is InChI=1S/C37H39FN6O4/c1-24-32(25-7-4-9-28(19-25)43(3)33(45)11-6-17-42(2)29-16-18-47-22-29)21-34(46)44(36-35(24)40-23-41-37(36)39)27-12-14-30(15-13-27)48-31-10-5-8-26(38)20-31/h4-15,19-20,23-24,29,32H,16-18,21-22H2,1-3H3,(H2,39,40,41). The zero-order chi connectivity index (χ0) is 33.8. The molecule has 2 aliphatic rings. The lowest BCUT2D eigenvalue weighted by molar-refractivity contribution is -0.118. The van der Waals surface area contributed by atoms with Crippen molar-refractivity contribution in [3.63, 3.8) is 0 Å². The van der Waals surface area contributed by atoms with Crippen molar-refractivity contribution >= 4 is 34.7 Å². The minimum atomic E-state index is -0.398. The molecule has 0 saturated carbocycles. The van der Waals surface area contributed by atoms with E-state index in [2.05, 4.69) is 14.9 Å². The van der Waals surface area contributed by atoms with E-state index in [0.717, 1.165) is 24.3 Å². The first kappa shape index (κ1) is 32.8. The van der Waals surface area contributed by atoms with Crippen molar-refractivity contribution in [3.05, 3.63) is 108 Å². The molecule has 2 aliphatic heterocycles. The normalized spacial score (nSPS) is 19.4. The molecule has 1 fully saturated rings. The van der Waals surface area contributed by atoms with Gasteiger partial charge in [0.2, 0.25) is 11.8 Å². The van der Waals surface area contributed by atoms with Gasteiger partial charge in [-0.2, -0.15) is 0 Å². The lowest BCUT2D eigenvalue weighted by Crippen LogP contribution is -2.32. The summed E-state index contributed by atoms with van der Waals surface area (Å²) in [6.07, 6.45) is 6.05. The summed E-state index contributed by atoms with van der Waals surface area (Å²) in [5.74, 6) is -0.149. The van der Waals surface area contributed by atoms with Gasteiger partial charge in [0.1, 0.15) is 29.3 Å². The number of aromatic nitrogens is 2. The van der Waals surface area contributed by atoms with Gasteiger partial charge < -0.3 is 20.1 Å². The van der Waals surface area contributed by atoms with Crippen LogP contribution >= 0.6 is 0 Å². The molecule has 248 valence electrons. The minimum Gasteiger partial charge on any atom is -0.457 e. The molecule has 1 aromatic heterocycles. The highest BCUT2D eigenvalue weighted by molar-refractivity contribution is 6.04. The van der Waals surface area contributed by atoms with Crippen LogP contribution < -0.4 is 20.3 Å². The van der Waals surface area contributed by atoms with Gasteiger partial charge in [-0.3, -0.25) is 19.4 Å². The lowest BCUT2D eigenvalue weighted by atomic mass is 9.83. The maximum atomic E-state index is 14.1. The van der Waals surface area contributed by atoms with E-state index in [1.165, 1.54) is 18.5 Å². The molecule has 0 aliphatic carbocycles. The molecule has 3 unspecified atom stereocenters. The summed E-state index contributed by atoms with van der Waals surface area (Å²) >= 11 is 0. The van der Waals surface area contributed by atoms with Crippen molar-refractivity contribution in [3.8, 4) is 11.5 Å². The molecule has 3 heterocycles. The number of likely N-dealkylation sites (N-methyl/N-ethyl adjacent to an activating group) is 2. The Bertz CT molecular complexity index is 1810. The Labute approximate surface area is 279 Å². The highest BCUT2D eigenvalue weighted by atomic mass is 19.1. The summed E-state index contributed by atoms with van der Waals surface area (Å²) in [7, 11) is 3.78. The van der Waals surface area contributed by atoms with Crippen molar-refractivity contribution < 1.29 is 23.5 Å². The second-order valence-electron chi connectivity index (χ2n) is 12.2. The predicted octanol–water partition coefficient (Wildman–Crippen LogP) is 6.19. The number of ether oxygens (including phenoxy) is 2. The Hall–Kier alpha value is -5.13. The summed E-state index contributed by atoms with van der Waals surface area (Å²) in [5.41, 5.74) is 9.70. The van der Waals surface area contributed by atoms with E-state index in [-0.39, 0.29) is 35.9 Å². The van der Waals surface area contributed by atoms with E-state index in [9.17, 15) is 14.0 Å². The molecule has 0 bridgehead atoms. The van der Waals surface area contributed by atoms with Crippen LogP contribution in [0, 0.1) is 5.82 Å². The Morgan fingerprint density at radius 2 is 1.88 bits per heavy atom. The Morgan fingerprint density at radius 3 is 2.62 bits per heavy atom. The summed E-state index contributed by atoms with van der Waals surface area (Å²) < 4.78 is 24.9. The number of hydrogen-bond acceptors (Lipinski definition) is 8. The molecule has 0 radical (unpaired) electrons. The van der Waals surface area contributed by atoms with Gasteiger partial charge in [0, 0.05) is 68.0 Å². The Kier molecular flexibility index (Phi) is 9.79. The van der Waals surface area contributed by atoms with Crippen LogP contribution in [-0.4, -0.2) is 66.6 Å². The van der Waals surface area contributed by atoms with Crippen LogP contribution in [0.5, 0.6) is 11.5 Å². The van der Waals surface area contributed by atoms with E-state index in [0.29, 0.717) is 47.8 Å². The number of fused-ring (bicyclic) bond motifs is 1. The number of nitrogens with zero attached hydrogens (tertiary/aromatic N) is 5. The monoisotopic (exact) mass is 650 g/mol. The first-order valence-corrected chi connectivity index (χ1v) is 16.0. The third-order valence-corrected chi connectivity index (χ3v) is 9.11. The average molecular weight is 651 g/mol. The predicted molar refractivity (Wildman–Crippen MR) is 183 cm³/mol. The molecule has 10 nitrogen and oxygen atoms in total. The Morgan fingerprint density at radius 1 is 1.08 bits per heavy atom. The quantitative estimate of drug-likeness (QED) is 0.214. The number of nitrogens with two attached hydrogens (primary N) is 1. The van der Waals surface area contributed by atoms with E-state index < -0.39 is 5.82 Å². The van der Waals surface area contributed by atoms with Crippen LogP contribution in [0.2, 0.25) is 0 Å². The fraction of sp³-hybridized carbons (Fsp3) is 0.297. The van der Waals surface area contributed by atoms with Crippen LogP contribution in [0.4, 0.5) is 27.3 Å². The molecular formula is C37H39FN6O4. The van der Waals surface area contributed by atoms with Gasteiger partial charge in [0.15, 0.2) is 5.82 Å². The van der Waals surface area contributed by atoms with Gasteiger partial charge in [-0.15, -0.1) is 0 Å². The molecule has 11 heteroatoms. The van der Waals surface area contributed by atoms with Gasteiger partial charge >= 0.3 is 0 Å². The molecule has 6 rings (SSSR count). The van der Waals surface area contributed by atoms with E-state index in [4.69, 9.17) is 15.2 Å². The summed E-state index contributed by atoms with van der Waals surface area (Å²) in [6.45, 7) is 4.17. The average Bonchev–Trinajstić information content (AvgIpc) is 3.60. The fourth-order valence-corrected chi connectivity index (χ4v) is 6.29. The molecule has 3 aromatic carbocycles. The van der Waals surface area contributed by atoms with Crippen molar-refractivity contribution in [2.75, 3.05) is 49.4 Å². The second-order valence-corrected chi connectivity index (χ2v) is 12.2. The van der Waals surface area contributed by atoms with Gasteiger partial charge in [-0.25, -0.2) is 14.4 Å². The summed E-state index contributed by atoms with van der Waals surface area (Å²) in [4.78, 5) is 41.5. The number of hydrogen-bond donors (Lipinski definition) is 1. The Balaban J connectivity index is 1.23. The van der Waals surface area contributed by atoms with Crippen LogP contribution in [0.25, 0.3) is 0 Å². The third kappa shape index (κ3) is 7.07. The lowest BCUT2D eigenvalue weighted by Gasteiger charge is -2.24. The molecule has 48 heavy (non-hydrogen) atoms. The summed E-state index contributed by atoms with van der Waals surface area (Å²) in [5, 5.41) is 0. The smallest absolute Gasteiger partial charge is 0.250 e. The van der Waals surface area contributed by atoms with Gasteiger partial charge in [0.25, 0.3) is 0 Å². The van der Waals surface area contributed by atoms with Crippen LogP contribution in [0.1, 0.15) is 42.9 Å². The molecule has 3 atom stereocenters. The number of nitrogen functional groups attached to an aromatic ring is 1. The highest BCUT2D eigenvalue weighted by Gasteiger charge is 2.37. The van der Waals surface area contributed by atoms with Gasteiger partial charge in [-0.1, -0.05) is 31.2 Å². The number of halogens is 1. The second kappa shape index (κ2) is 14.3. The SMILES string of the molecule is CC1c2ncnc(N)c2N(c2ccc(Oc3cccc(F)c3)cc2)C(=O)CC1c1cccc(N(C)C(=O)C=CCN(C)C2CCOC2)c1. The summed E-state index contributed by atoms with van der Waals surface area (Å²) in [6, 6.07) is 20.9. The molecule has 2 N–H and O–H groups in total. The van der Waals surface area contributed by atoms with Crippen molar-refractivity contribution in [2.24, 2.45) is 0 Å². The number of benzene rings is 3. The van der Waals surface area contributed by atoms with Crippen LogP contribution in [0.15, 0.2) is 91.3 Å². The van der Waals surface area contributed by atoms with Crippen molar-refractivity contribution in [1.82, 2.24) is 14.9 Å². The van der Waals surface area contributed by atoms with Gasteiger partial charge in [-0.05, 0) is 67.6 Å². The number of rotatable bonds is 9. The highest BCUT2D eigenvalue weighted by Crippen LogP contribution is 2.46. The maximum absolute atomic E-state index is 14.1. The van der Waals surface area contributed by atoms with Gasteiger partial charge in [0.05, 0.1) is 12.3 Å². The molecule has 1 saturated heterocycles. The maximum Gasteiger partial charge on any atom is 0.250 e. The van der Waals surface area contributed by atoms with Crippen molar-refractivity contribution in [2.45, 2.75) is 37.6 Å². The molecule has 2 amide bonds. The van der Waals surface area contributed by atoms with E-state index in [1.807, 2.05) is 44.3 Å². The molecular weight excluding hydrogens is 611 g/mol. The molecule has 4 aromatic rings. The van der Waals surface area contributed by atoms with Crippen LogP contribution in [0.3, 0.4) is 0 Å². The van der Waals surface area contributed by atoms with Crippen LogP contribution in [-0.2, 0) is 14.3 Å². The zero-order valence-electron chi connectivity index (χ0n) is 27.3. The topological polar surface area (TPSA) is 114 Å². The third-order valence-electron chi connectivity index (χ3n) is 9.11. The van der Waals surface area contributed by atoms with E-state index >= 15 is 0 Å². The molecule has 0 spiro atoms. The largest absolute Gasteiger partial charge is 0.457 e. The fourth-order valence-electron chi connectivity index (χ4n) is 6.29. The first-order chi connectivity index (χ1) is 23.2.